The van der Waals surface area contributed by atoms with Gasteiger partial charge in [-0.15, -0.1) is 0 Å². The Labute approximate surface area is 120 Å². The number of amides is 1. The molecule has 7 nitrogen and oxygen atoms in total. The summed E-state index contributed by atoms with van der Waals surface area (Å²) in [5, 5.41) is 14.3. The van der Waals surface area contributed by atoms with Gasteiger partial charge in [-0.05, 0) is 6.07 Å². The van der Waals surface area contributed by atoms with E-state index in [1.807, 2.05) is 0 Å². The minimum atomic E-state index is -0.612. The van der Waals surface area contributed by atoms with E-state index in [2.05, 4.69) is 5.32 Å². The molecule has 0 aliphatic carbocycles. The Bertz CT molecular complexity index is 544. The number of nitrogens with zero attached hydrogens (tertiary/aromatic N) is 2. The van der Waals surface area contributed by atoms with Crippen LogP contribution in [0.1, 0.15) is 10.4 Å². The third-order valence-corrected chi connectivity index (χ3v) is 3.29. The van der Waals surface area contributed by atoms with Crippen molar-refractivity contribution in [3.8, 4) is 5.75 Å². The van der Waals surface area contributed by atoms with Crippen LogP contribution in [0.2, 0.25) is 5.02 Å². The van der Waals surface area contributed by atoms with Gasteiger partial charge in [0.15, 0.2) is 0 Å². The van der Waals surface area contributed by atoms with E-state index in [1.54, 1.807) is 4.90 Å². The molecule has 0 radical (unpaired) electrons. The molecule has 0 atom stereocenters. The standard InChI is InChI=1S/C12H14ClN3O4/c1-20-11-9(6-8(13)7-10(11)16(18)19)12(17)15-4-2-14-3-5-15/h6-7,14H,2-5H2,1H3. The predicted molar refractivity (Wildman–Crippen MR) is 73.4 cm³/mol. The van der Waals surface area contributed by atoms with Crippen molar-refractivity contribution in [2.24, 2.45) is 0 Å². The van der Waals surface area contributed by atoms with E-state index >= 15 is 0 Å². The number of ether oxygens (including phenoxy) is 1. The lowest BCUT2D eigenvalue weighted by atomic mass is 10.1. The lowest BCUT2D eigenvalue weighted by molar-refractivity contribution is -0.385. The van der Waals surface area contributed by atoms with Gasteiger partial charge in [-0.3, -0.25) is 14.9 Å². The molecule has 1 amide bonds. The van der Waals surface area contributed by atoms with Crippen molar-refractivity contribution in [1.82, 2.24) is 10.2 Å². The number of carbonyl (C=O) groups is 1. The molecule has 108 valence electrons. The first-order valence-corrected chi connectivity index (χ1v) is 6.44. The molecule has 1 aromatic rings. The van der Waals surface area contributed by atoms with Gasteiger partial charge in [-0.25, -0.2) is 0 Å². The molecule has 1 fully saturated rings. The lowest BCUT2D eigenvalue weighted by Gasteiger charge is -2.27. The SMILES string of the molecule is COc1c(C(=O)N2CCNCC2)cc(Cl)cc1[N+](=O)[O-]. The summed E-state index contributed by atoms with van der Waals surface area (Å²) < 4.78 is 5.04. The Balaban J connectivity index is 2.43. The minimum Gasteiger partial charge on any atom is -0.490 e. The summed E-state index contributed by atoms with van der Waals surface area (Å²) in [5.74, 6) is -0.364. The van der Waals surface area contributed by atoms with Crippen LogP contribution in [0.4, 0.5) is 5.69 Å². The lowest BCUT2D eigenvalue weighted by Crippen LogP contribution is -2.46. The third kappa shape index (κ3) is 2.83. The maximum absolute atomic E-state index is 12.4. The van der Waals surface area contributed by atoms with Crippen LogP contribution in [-0.4, -0.2) is 49.0 Å². The number of hydrogen-bond donors (Lipinski definition) is 1. The average molecular weight is 300 g/mol. The summed E-state index contributed by atoms with van der Waals surface area (Å²) in [5.41, 5.74) is -0.188. The Morgan fingerprint density at radius 3 is 2.65 bits per heavy atom. The van der Waals surface area contributed by atoms with Crippen LogP contribution in [-0.2, 0) is 0 Å². The highest BCUT2D eigenvalue weighted by molar-refractivity contribution is 6.31. The number of carbonyl (C=O) groups excluding carboxylic acids is 1. The van der Waals surface area contributed by atoms with Gasteiger partial charge in [-0.2, -0.15) is 0 Å². The third-order valence-electron chi connectivity index (χ3n) is 3.07. The highest BCUT2D eigenvalue weighted by atomic mass is 35.5. The number of nitro groups is 1. The summed E-state index contributed by atoms with van der Waals surface area (Å²) in [6.07, 6.45) is 0. The zero-order chi connectivity index (χ0) is 14.7. The van der Waals surface area contributed by atoms with Crippen molar-refractivity contribution >= 4 is 23.2 Å². The fourth-order valence-electron chi connectivity index (χ4n) is 2.13. The number of hydrogen-bond acceptors (Lipinski definition) is 5. The van der Waals surface area contributed by atoms with Gasteiger partial charge in [0.05, 0.1) is 17.6 Å². The summed E-state index contributed by atoms with van der Waals surface area (Å²) in [7, 11) is 1.30. The quantitative estimate of drug-likeness (QED) is 0.672. The summed E-state index contributed by atoms with van der Waals surface area (Å²) in [6.45, 7) is 2.47. The Hall–Kier alpha value is -1.86. The second kappa shape index (κ2) is 6.06. The molecule has 8 heteroatoms. The normalized spacial score (nSPS) is 15.0. The molecule has 20 heavy (non-hydrogen) atoms. The van der Waals surface area contributed by atoms with Gasteiger partial charge in [0.2, 0.25) is 5.75 Å². The molecular formula is C12H14ClN3O4. The first kappa shape index (κ1) is 14.5. The minimum absolute atomic E-state index is 0.0528. The molecule has 0 bridgehead atoms. The average Bonchev–Trinajstić information content (AvgIpc) is 2.46. The molecular weight excluding hydrogens is 286 g/mol. The first-order valence-electron chi connectivity index (χ1n) is 6.06. The van der Waals surface area contributed by atoms with Crippen LogP contribution in [0.3, 0.4) is 0 Å². The van der Waals surface area contributed by atoms with Gasteiger partial charge in [0, 0.05) is 37.3 Å². The maximum atomic E-state index is 12.4. The molecule has 1 heterocycles. The van der Waals surface area contributed by atoms with E-state index in [9.17, 15) is 14.9 Å². The fourth-order valence-corrected chi connectivity index (χ4v) is 2.34. The first-order chi connectivity index (χ1) is 9.54. The molecule has 1 aliphatic heterocycles. The Morgan fingerprint density at radius 2 is 2.10 bits per heavy atom. The van der Waals surface area contributed by atoms with Crippen LogP contribution in [0.5, 0.6) is 5.75 Å². The molecule has 0 saturated carbocycles. The number of nitro benzene ring substituents is 1. The van der Waals surface area contributed by atoms with E-state index in [0.29, 0.717) is 26.2 Å². The number of nitrogens with one attached hydrogen (secondary N) is 1. The van der Waals surface area contributed by atoms with Crippen LogP contribution in [0.15, 0.2) is 12.1 Å². The fraction of sp³-hybridized carbons (Fsp3) is 0.417. The highest BCUT2D eigenvalue weighted by Gasteiger charge is 2.27. The molecule has 1 saturated heterocycles. The summed E-state index contributed by atoms with van der Waals surface area (Å²) in [6, 6.07) is 2.58. The second-order valence-corrected chi connectivity index (χ2v) is 4.74. The van der Waals surface area contributed by atoms with Gasteiger partial charge < -0.3 is 15.0 Å². The monoisotopic (exact) mass is 299 g/mol. The van der Waals surface area contributed by atoms with Crippen LogP contribution in [0.25, 0.3) is 0 Å². The zero-order valence-electron chi connectivity index (χ0n) is 10.9. The van der Waals surface area contributed by atoms with E-state index in [0.717, 1.165) is 0 Å². The summed E-state index contributed by atoms with van der Waals surface area (Å²) >= 11 is 5.86. The highest BCUT2D eigenvalue weighted by Crippen LogP contribution is 2.35. The maximum Gasteiger partial charge on any atom is 0.313 e. The van der Waals surface area contributed by atoms with Crippen molar-refractivity contribution in [1.29, 1.82) is 0 Å². The molecule has 1 aliphatic rings. The van der Waals surface area contributed by atoms with Crippen molar-refractivity contribution in [3.63, 3.8) is 0 Å². The molecule has 0 spiro atoms. The van der Waals surface area contributed by atoms with Crippen LogP contribution >= 0.6 is 11.6 Å². The van der Waals surface area contributed by atoms with Gasteiger partial charge in [-0.1, -0.05) is 11.6 Å². The molecule has 1 N–H and O–H groups in total. The molecule has 0 aromatic heterocycles. The number of piperazine rings is 1. The Morgan fingerprint density at radius 1 is 1.45 bits per heavy atom. The summed E-state index contributed by atoms with van der Waals surface area (Å²) in [4.78, 5) is 24.5. The topological polar surface area (TPSA) is 84.7 Å². The predicted octanol–water partition coefficient (Wildman–Crippen LogP) is 1.30. The van der Waals surface area contributed by atoms with Gasteiger partial charge in [0.1, 0.15) is 0 Å². The van der Waals surface area contributed by atoms with Crippen LogP contribution < -0.4 is 10.1 Å². The van der Waals surface area contributed by atoms with Crippen LogP contribution in [0, 0.1) is 10.1 Å². The van der Waals surface area contributed by atoms with Crippen molar-refractivity contribution in [2.45, 2.75) is 0 Å². The van der Waals surface area contributed by atoms with Crippen molar-refractivity contribution in [2.75, 3.05) is 33.3 Å². The van der Waals surface area contributed by atoms with E-state index in [-0.39, 0.29) is 27.9 Å². The van der Waals surface area contributed by atoms with E-state index in [4.69, 9.17) is 16.3 Å². The van der Waals surface area contributed by atoms with Gasteiger partial charge in [0.25, 0.3) is 5.91 Å². The van der Waals surface area contributed by atoms with Gasteiger partial charge >= 0.3 is 5.69 Å². The largest absolute Gasteiger partial charge is 0.490 e. The second-order valence-electron chi connectivity index (χ2n) is 4.31. The zero-order valence-corrected chi connectivity index (χ0v) is 11.6. The number of methoxy groups -OCH3 is 1. The molecule has 1 aromatic carbocycles. The Kier molecular flexibility index (Phi) is 4.41. The van der Waals surface area contributed by atoms with Crippen molar-refractivity contribution < 1.29 is 14.5 Å². The smallest absolute Gasteiger partial charge is 0.313 e. The number of halogens is 1. The molecule has 0 unspecified atom stereocenters. The number of benzene rings is 1. The van der Waals surface area contributed by atoms with Crippen molar-refractivity contribution in [3.05, 3.63) is 32.8 Å². The molecule has 2 rings (SSSR count). The number of rotatable bonds is 3. The van der Waals surface area contributed by atoms with E-state index in [1.165, 1.54) is 19.2 Å². The van der Waals surface area contributed by atoms with E-state index < -0.39 is 4.92 Å².